The maximum absolute atomic E-state index is 12.0. The molecule has 1 aliphatic heterocycles. The summed E-state index contributed by atoms with van der Waals surface area (Å²) in [6.45, 7) is 7.79. The standard InChI is InChI=1S/C12H22BrNO2/c1-9(2)4-5-12(15)14-7-10(3)16-11(6-13)8-14/h9-11H,4-8H2,1-3H3. The normalized spacial score (nSPS) is 26.2. The zero-order valence-corrected chi connectivity index (χ0v) is 12.0. The van der Waals surface area contributed by atoms with E-state index in [1.54, 1.807) is 0 Å². The van der Waals surface area contributed by atoms with Crippen LogP contribution in [0.4, 0.5) is 0 Å². The Kier molecular flexibility index (Phi) is 5.76. The van der Waals surface area contributed by atoms with Crippen LogP contribution in [0.25, 0.3) is 0 Å². The fraction of sp³-hybridized carbons (Fsp3) is 0.917. The Morgan fingerprint density at radius 2 is 2.19 bits per heavy atom. The highest BCUT2D eigenvalue weighted by atomic mass is 79.9. The third kappa shape index (κ3) is 4.42. The minimum atomic E-state index is 0.145. The summed E-state index contributed by atoms with van der Waals surface area (Å²) in [7, 11) is 0. The molecule has 1 heterocycles. The number of halogens is 1. The summed E-state index contributed by atoms with van der Waals surface area (Å²) in [4.78, 5) is 13.9. The van der Waals surface area contributed by atoms with Gasteiger partial charge in [-0.1, -0.05) is 29.8 Å². The van der Waals surface area contributed by atoms with Crippen molar-refractivity contribution in [3.8, 4) is 0 Å². The van der Waals surface area contributed by atoms with E-state index in [2.05, 4.69) is 29.8 Å². The number of carbonyl (C=O) groups excluding carboxylic acids is 1. The van der Waals surface area contributed by atoms with Crippen LogP contribution in [0.1, 0.15) is 33.6 Å². The van der Waals surface area contributed by atoms with Crippen molar-refractivity contribution in [2.45, 2.75) is 45.8 Å². The monoisotopic (exact) mass is 291 g/mol. The third-order valence-corrected chi connectivity index (χ3v) is 3.51. The molecule has 0 aromatic rings. The van der Waals surface area contributed by atoms with Crippen molar-refractivity contribution in [2.75, 3.05) is 18.4 Å². The summed E-state index contributed by atoms with van der Waals surface area (Å²) in [6.07, 6.45) is 1.94. The van der Waals surface area contributed by atoms with Crippen LogP contribution in [0, 0.1) is 5.92 Å². The number of ether oxygens (including phenoxy) is 1. The predicted octanol–water partition coefficient (Wildman–Crippen LogP) is 2.43. The minimum absolute atomic E-state index is 0.145. The molecule has 1 rings (SSSR count). The molecule has 0 bridgehead atoms. The molecule has 0 spiro atoms. The van der Waals surface area contributed by atoms with Gasteiger partial charge in [0.05, 0.1) is 12.2 Å². The highest BCUT2D eigenvalue weighted by Crippen LogP contribution is 2.15. The van der Waals surface area contributed by atoms with Gasteiger partial charge in [0.25, 0.3) is 0 Å². The van der Waals surface area contributed by atoms with Crippen LogP contribution < -0.4 is 0 Å². The smallest absolute Gasteiger partial charge is 0.222 e. The van der Waals surface area contributed by atoms with E-state index in [9.17, 15) is 4.79 Å². The maximum Gasteiger partial charge on any atom is 0.222 e. The molecule has 0 aromatic heterocycles. The van der Waals surface area contributed by atoms with Crippen molar-refractivity contribution in [3.63, 3.8) is 0 Å². The summed E-state index contributed by atoms with van der Waals surface area (Å²) in [5.41, 5.74) is 0. The van der Waals surface area contributed by atoms with Gasteiger partial charge in [0.15, 0.2) is 0 Å². The summed E-state index contributed by atoms with van der Waals surface area (Å²) in [6, 6.07) is 0. The zero-order chi connectivity index (χ0) is 12.1. The molecule has 2 atom stereocenters. The second kappa shape index (κ2) is 6.60. The van der Waals surface area contributed by atoms with Gasteiger partial charge >= 0.3 is 0 Å². The van der Waals surface area contributed by atoms with Crippen LogP contribution in [-0.4, -0.2) is 41.4 Å². The Bertz CT molecular complexity index is 233. The van der Waals surface area contributed by atoms with Crippen molar-refractivity contribution in [2.24, 2.45) is 5.92 Å². The lowest BCUT2D eigenvalue weighted by atomic mass is 10.1. The van der Waals surface area contributed by atoms with E-state index < -0.39 is 0 Å². The van der Waals surface area contributed by atoms with Gasteiger partial charge in [0.2, 0.25) is 5.91 Å². The summed E-state index contributed by atoms with van der Waals surface area (Å²) in [5.74, 6) is 0.865. The van der Waals surface area contributed by atoms with Crippen molar-refractivity contribution < 1.29 is 9.53 Å². The van der Waals surface area contributed by atoms with Gasteiger partial charge in [-0.2, -0.15) is 0 Å². The van der Waals surface area contributed by atoms with Gasteiger partial charge in [-0.25, -0.2) is 0 Å². The highest BCUT2D eigenvalue weighted by molar-refractivity contribution is 9.09. The molecule has 3 nitrogen and oxygen atoms in total. The molecule has 94 valence electrons. The molecule has 4 heteroatoms. The molecule has 1 saturated heterocycles. The Morgan fingerprint density at radius 3 is 2.75 bits per heavy atom. The minimum Gasteiger partial charge on any atom is -0.371 e. The van der Waals surface area contributed by atoms with E-state index >= 15 is 0 Å². The molecule has 1 amide bonds. The van der Waals surface area contributed by atoms with E-state index in [1.165, 1.54) is 0 Å². The van der Waals surface area contributed by atoms with Crippen molar-refractivity contribution in [3.05, 3.63) is 0 Å². The van der Waals surface area contributed by atoms with Crippen molar-refractivity contribution in [1.29, 1.82) is 0 Å². The zero-order valence-electron chi connectivity index (χ0n) is 10.4. The lowest BCUT2D eigenvalue weighted by Crippen LogP contribution is -2.49. The van der Waals surface area contributed by atoms with Gasteiger partial charge in [-0.05, 0) is 19.3 Å². The number of morpholine rings is 1. The van der Waals surface area contributed by atoms with Crippen molar-refractivity contribution in [1.82, 2.24) is 4.90 Å². The van der Waals surface area contributed by atoms with Gasteiger partial charge in [0, 0.05) is 24.8 Å². The first kappa shape index (κ1) is 14.0. The number of hydrogen-bond acceptors (Lipinski definition) is 2. The predicted molar refractivity (Wildman–Crippen MR) is 68.8 cm³/mol. The SMILES string of the molecule is CC(C)CCC(=O)N1CC(C)OC(CBr)C1. The Labute approximate surface area is 107 Å². The molecule has 0 aliphatic carbocycles. The molecule has 2 unspecified atom stereocenters. The first-order chi connectivity index (χ1) is 7.52. The Hall–Kier alpha value is -0.0900. The molecule has 1 fully saturated rings. The lowest BCUT2D eigenvalue weighted by Gasteiger charge is -2.36. The lowest BCUT2D eigenvalue weighted by molar-refractivity contribution is -0.143. The highest BCUT2D eigenvalue weighted by Gasteiger charge is 2.27. The summed E-state index contributed by atoms with van der Waals surface area (Å²) < 4.78 is 5.70. The number of nitrogens with zero attached hydrogens (tertiary/aromatic N) is 1. The second-order valence-electron chi connectivity index (χ2n) is 4.95. The average Bonchev–Trinajstić information content (AvgIpc) is 2.24. The topological polar surface area (TPSA) is 29.5 Å². The molecule has 0 radical (unpaired) electrons. The van der Waals surface area contributed by atoms with E-state index in [4.69, 9.17) is 4.74 Å². The maximum atomic E-state index is 12.0. The first-order valence-corrected chi connectivity index (χ1v) is 7.14. The van der Waals surface area contributed by atoms with Crippen LogP contribution in [0.15, 0.2) is 0 Å². The number of rotatable bonds is 4. The van der Waals surface area contributed by atoms with Gasteiger partial charge in [-0.15, -0.1) is 0 Å². The van der Waals surface area contributed by atoms with E-state index in [1.807, 2.05) is 11.8 Å². The first-order valence-electron chi connectivity index (χ1n) is 6.02. The Morgan fingerprint density at radius 1 is 1.50 bits per heavy atom. The molecule has 0 aromatic carbocycles. The molecule has 0 N–H and O–H groups in total. The third-order valence-electron chi connectivity index (χ3n) is 2.79. The molecule has 0 saturated carbocycles. The van der Waals surface area contributed by atoms with Gasteiger partial charge in [0.1, 0.15) is 0 Å². The van der Waals surface area contributed by atoms with E-state index in [-0.39, 0.29) is 18.1 Å². The van der Waals surface area contributed by atoms with Gasteiger partial charge in [-0.3, -0.25) is 4.79 Å². The number of amides is 1. The fourth-order valence-corrected chi connectivity index (χ4v) is 2.26. The molecular formula is C12H22BrNO2. The fourth-order valence-electron chi connectivity index (χ4n) is 1.90. The van der Waals surface area contributed by atoms with Crippen LogP contribution in [0.2, 0.25) is 0 Å². The summed E-state index contributed by atoms with van der Waals surface area (Å²) in [5, 5.41) is 0.797. The summed E-state index contributed by atoms with van der Waals surface area (Å²) >= 11 is 3.41. The molecule has 1 aliphatic rings. The van der Waals surface area contributed by atoms with Crippen LogP contribution >= 0.6 is 15.9 Å². The largest absolute Gasteiger partial charge is 0.371 e. The second-order valence-corrected chi connectivity index (χ2v) is 5.60. The van der Waals surface area contributed by atoms with Crippen molar-refractivity contribution >= 4 is 21.8 Å². The van der Waals surface area contributed by atoms with E-state index in [0.29, 0.717) is 12.3 Å². The number of carbonyl (C=O) groups is 1. The van der Waals surface area contributed by atoms with Crippen LogP contribution in [0.5, 0.6) is 0 Å². The van der Waals surface area contributed by atoms with Crippen LogP contribution in [-0.2, 0) is 9.53 Å². The molecular weight excluding hydrogens is 270 g/mol. The Balaban J connectivity index is 2.42. The van der Waals surface area contributed by atoms with E-state index in [0.717, 1.165) is 24.8 Å². The molecule has 16 heavy (non-hydrogen) atoms. The quantitative estimate of drug-likeness (QED) is 0.745. The van der Waals surface area contributed by atoms with Crippen LogP contribution in [0.3, 0.4) is 0 Å². The average molecular weight is 292 g/mol. The van der Waals surface area contributed by atoms with Gasteiger partial charge < -0.3 is 9.64 Å². The number of hydrogen-bond donors (Lipinski definition) is 0. The number of alkyl halides is 1.